The Balaban J connectivity index is 1.43. The molecule has 0 saturated carbocycles. The van der Waals surface area contributed by atoms with E-state index in [2.05, 4.69) is 11.2 Å². The summed E-state index contributed by atoms with van der Waals surface area (Å²) in [5.41, 5.74) is 3.47. The minimum absolute atomic E-state index is 0.222. The SMILES string of the molecule is Cc1cnn(C[C@@H]2CCCN2C(=O)Cc2ccc3c(c2)CCO3)c1. The van der Waals surface area contributed by atoms with Gasteiger partial charge >= 0.3 is 0 Å². The summed E-state index contributed by atoms with van der Waals surface area (Å²) in [6, 6.07) is 6.40. The van der Waals surface area contributed by atoms with Gasteiger partial charge in [-0.15, -0.1) is 0 Å². The smallest absolute Gasteiger partial charge is 0.227 e. The van der Waals surface area contributed by atoms with Crippen molar-refractivity contribution in [3.05, 3.63) is 47.3 Å². The van der Waals surface area contributed by atoms with Gasteiger partial charge in [0.1, 0.15) is 5.75 Å². The molecule has 0 N–H and O–H groups in total. The summed E-state index contributed by atoms with van der Waals surface area (Å²) in [5, 5.41) is 4.36. The van der Waals surface area contributed by atoms with Crippen LogP contribution >= 0.6 is 0 Å². The van der Waals surface area contributed by atoms with E-state index in [-0.39, 0.29) is 11.9 Å². The third kappa shape index (κ3) is 3.03. The summed E-state index contributed by atoms with van der Waals surface area (Å²) in [7, 11) is 0. The summed E-state index contributed by atoms with van der Waals surface area (Å²) in [6.45, 7) is 4.44. The first-order chi connectivity index (χ1) is 11.7. The second-order valence-corrected chi connectivity index (χ2v) is 6.84. The van der Waals surface area contributed by atoms with Crippen LogP contribution in [0.2, 0.25) is 0 Å². The van der Waals surface area contributed by atoms with Crippen molar-refractivity contribution in [2.24, 2.45) is 0 Å². The summed E-state index contributed by atoms with van der Waals surface area (Å²) >= 11 is 0. The maximum absolute atomic E-state index is 12.8. The zero-order chi connectivity index (χ0) is 16.5. The van der Waals surface area contributed by atoms with Gasteiger partial charge in [-0.25, -0.2) is 0 Å². The third-order valence-corrected chi connectivity index (χ3v) is 4.97. The van der Waals surface area contributed by atoms with E-state index in [4.69, 9.17) is 4.74 Å². The van der Waals surface area contributed by atoms with E-state index >= 15 is 0 Å². The summed E-state index contributed by atoms with van der Waals surface area (Å²) < 4.78 is 7.50. The van der Waals surface area contributed by atoms with Gasteiger partial charge in [-0.2, -0.15) is 5.10 Å². The number of benzene rings is 1. The predicted octanol–water partition coefficient (Wildman–Crippen LogP) is 2.36. The standard InChI is InChI=1S/C19H23N3O2/c1-14-11-20-21(12-14)13-17-3-2-7-22(17)19(23)10-15-4-5-18-16(9-15)6-8-24-18/h4-5,9,11-12,17H,2-3,6-8,10,13H2,1H3/t17-/m0/s1. The van der Waals surface area contributed by atoms with Crippen LogP contribution in [0.4, 0.5) is 0 Å². The van der Waals surface area contributed by atoms with Crippen LogP contribution in [0, 0.1) is 6.92 Å². The van der Waals surface area contributed by atoms with Crippen molar-refractivity contribution >= 4 is 5.91 Å². The monoisotopic (exact) mass is 325 g/mol. The molecule has 0 radical (unpaired) electrons. The number of rotatable bonds is 4. The molecule has 2 aliphatic heterocycles. The number of hydrogen-bond acceptors (Lipinski definition) is 3. The van der Waals surface area contributed by atoms with Crippen molar-refractivity contribution in [1.82, 2.24) is 14.7 Å². The molecule has 1 saturated heterocycles. The molecule has 24 heavy (non-hydrogen) atoms. The number of aromatic nitrogens is 2. The molecule has 0 aliphatic carbocycles. The largest absolute Gasteiger partial charge is 0.493 e. The molecule has 5 heteroatoms. The molecular formula is C19H23N3O2. The molecule has 1 atom stereocenters. The minimum atomic E-state index is 0.222. The van der Waals surface area contributed by atoms with Crippen LogP contribution in [-0.4, -0.2) is 39.8 Å². The Bertz CT molecular complexity index is 753. The molecule has 1 amide bonds. The highest BCUT2D eigenvalue weighted by molar-refractivity contribution is 5.79. The van der Waals surface area contributed by atoms with E-state index < -0.39 is 0 Å². The lowest BCUT2D eigenvalue weighted by atomic mass is 10.1. The zero-order valence-electron chi connectivity index (χ0n) is 14.1. The first-order valence-corrected chi connectivity index (χ1v) is 8.72. The van der Waals surface area contributed by atoms with Crippen LogP contribution in [0.3, 0.4) is 0 Å². The van der Waals surface area contributed by atoms with Gasteiger partial charge in [0, 0.05) is 19.2 Å². The average molecular weight is 325 g/mol. The molecule has 3 heterocycles. The third-order valence-electron chi connectivity index (χ3n) is 4.97. The molecule has 4 rings (SSSR count). The number of fused-ring (bicyclic) bond motifs is 1. The highest BCUT2D eigenvalue weighted by atomic mass is 16.5. The second-order valence-electron chi connectivity index (χ2n) is 6.84. The number of nitrogens with zero attached hydrogens (tertiary/aromatic N) is 3. The van der Waals surface area contributed by atoms with Crippen molar-refractivity contribution < 1.29 is 9.53 Å². The molecule has 1 aromatic carbocycles. The Morgan fingerprint density at radius 3 is 3.17 bits per heavy atom. The Kier molecular flexibility index (Phi) is 4.00. The maximum Gasteiger partial charge on any atom is 0.227 e. The fraction of sp³-hybridized carbons (Fsp3) is 0.474. The van der Waals surface area contributed by atoms with E-state index in [1.54, 1.807) is 0 Å². The average Bonchev–Trinajstić information content (AvgIpc) is 3.28. The Morgan fingerprint density at radius 1 is 1.42 bits per heavy atom. The Hall–Kier alpha value is -2.30. The lowest BCUT2D eigenvalue weighted by molar-refractivity contribution is -0.131. The molecule has 126 valence electrons. The predicted molar refractivity (Wildman–Crippen MR) is 91.0 cm³/mol. The Morgan fingerprint density at radius 2 is 2.33 bits per heavy atom. The summed E-state index contributed by atoms with van der Waals surface area (Å²) in [6.07, 6.45) is 7.47. The van der Waals surface area contributed by atoms with E-state index in [0.717, 1.165) is 55.8 Å². The van der Waals surface area contributed by atoms with Crippen molar-refractivity contribution in [1.29, 1.82) is 0 Å². The number of aryl methyl sites for hydroxylation is 1. The molecule has 0 bridgehead atoms. The first-order valence-electron chi connectivity index (χ1n) is 8.72. The normalized spacial score (nSPS) is 19.4. The molecule has 0 unspecified atom stereocenters. The fourth-order valence-corrected chi connectivity index (χ4v) is 3.76. The van der Waals surface area contributed by atoms with Crippen LogP contribution < -0.4 is 4.74 Å². The van der Waals surface area contributed by atoms with Gasteiger partial charge in [-0.1, -0.05) is 12.1 Å². The van der Waals surface area contributed by atoms with Crippen LogP contribution in [0.5, 0.6) is 5.75 Å². The Labute approximate surface area is 142 Å². The molecule has 5 nitrogen and oxygen atoms in total. The molecule has 2 aliphatic rings. The molecule has 2 aromatic rings. The van der Waals surface area contributed by atoms with Gasteiger partial charge in [-0.3, -0.25) is 9.48 Å². The van der Waals surface area contributed by atoms with Gasteiger partial charge in [0.15, 0.2) is 0 Å². The molecule has 1 aromatic heterocycles. The fourth-order valence-electron chi connectivity index (χ4n) is 3.76. The zero-order valence-corrected chi connectivity index (χ0v) is 14.1. The topological polar surface area (TPSA) is 47.4 Å². The molecule has 0 spiro atoms. The minimum Gasteiger partial charge on any atom is -0.493 e. The van der Waals surface area contributed by atoms with Gasteiger partial charge in [0.2, 0.25) is 5.91 Å². The van der Waals surface area contributed by atoms with E-state index in [0.29, 0.717) is 6.42 Å². The number of amides is 1. The van der Waals surface area contributed by atoms with Gasteiger partial charge in [-0.05, 0) is 42.5 Å². The maximum atomic E-state index is 12.8. The number of ether oxygens (including phenoxy) is 1. The van der Waals surface area contributed by atoms with Crippen molar-refractivity contribution in [3.8, 4) is 5.75 Å². The highest BCUT2D eigenvalue weighted by Crippen LogP contribution is 2.27. The van der Waals surface area contributed by atoms with Crippen molar-refractivity contribution in [2.75, 3.05) is 13.2 Å². The lowest BCUT2D eigenvalue weighted by Crippen LogP contribution is -2.39. The van der Waals surface area contributed by atoms with Gasteiger partial charge < -0.3 is 9.64 Å². The summed E-state index contributed by atoms with van der Waals surface area (Å²) in [4.78, 5) is 14.8. The van der Waals surface area contributed by atoms with E-state index in [1.165, 1.54) is 5.56 Å². The summed E-state index contributed by atoms with van der Waals surface area (Å²) in [5.74, 6) is 1.19. The molecular weight excluding hydrogens is 302 g/mol. The second kappa shape index (κ2) is 6.30. The van der Waals surface area contributed by atoms with Crippen LogP contribution in [0.15, 0.2) is 30.6 Å². The number of carbonyl (C=O) groups is 1. The van der Waals surface area contributed by atoms with Crippen molar-refractivity contribution in [3.63, 3.8) is 0 Å². The van der Waals surface area contributed by atoms with Gasteiger partial charge in [0.25, 0.3) is 0 Å². The van der Waals surface area contributed by atoms with Crippen molar-refractivity contribution in [2.45, 2.75) is 45.2 Å². The van der Waals surface area contributed by atoms with Gasteiger partial charge in [0.05, 0.1) is 31.8 Å². The van der Waals surface area contributed by atoms with E-state index in [1.807, 2.05) is 41.0 Å². The molecule has 1 fully saturated rings. The lowest BCUT2D eigenvalue weighted by Gasteiger charge is -2.25. The number of likely N-dealkylation sites (tertiary alicyclic amines) is 1. The van der Waals surface area contributed by atoms with Crippen LogP contribution in [0.1, 0.15) is 29.5 Å². The first kappa shape index (κ1) is 15.2. The van der Waals surface area contributed by atoms with Crippen LogP contribution in [0.25, 0.3) is 0 Å². The highest BCUT2D eigenvalue weighted by Gasteiger charge is 2.29. The van der Waals surface area contributed by atoms with Crippen LogP contribution in [-0.2, 0) is 24.2 Å². The number of hydrogen-bond donors (Lipinski definition) is 0. The number of carbonyl (C=O) groups excluding carboxylic acids is 1. The van der Waals surface area contributed by atoms with E-state index in [9.17, 15) is 4.79 Å². The quantitative estimate of drug-likeness (QED) is 0.867.